The summed E-state index contributed by atoms with van der Waals surface area (Å²) >= 11 is 0. The minimum Gasteiger partial charge on any atom is -0.480 e. The number of phosphoric ester groups is 1. The van der Waals surface area contributed by atoms with Crippen LogP contribution >= 0.6 is 7.82 Å². The van der Waals surface area contributed by atoms with Crippen molar-refractivity contribution in [1.29, 1.82) is 0 Å². The number of carboxylic acids is 1. The fourth-order valence-electron chi connectivity index (χ4n) is 6.08. The van der Waals surface area contributed by atoms with Crippen LogP contribution in [0.15, 0.2) is 72.9 Å². The number of phosphoric acid groups is 1. The highest BCUT2D eigenvalue weighted by Crippen LogP contribution is 2.43. The van der Waals surface area contributed by atoms with E-state index < -0.39 is 51.1 Å². The van der Waals surface area contributed by atoms with E-state index in [1.165, 1.54) is 83.5 Å². The topological polar surface area (TPSA) is 172 Å². The quantitative estimate of drug-likeness (QED) is 0.0230. The molecule has 0 aromatic rings. The molecule has 0 aliphatic carbocycles. The molecule has 0 aromatic carbocycles. The van der Waals surface area contributed by atoms with Crippen molar-refractivity contribution in [3.05, 3.63) is 72.9 Å². The summed E-state index contributed by atoms with van der Waals surface area (Å²) in [5.74, 6) is -2.43. The van der Waals surface area contributed by atoms with Gasteiger partial charge in [0.05, 0.1) is 13.2 Å². The first kappa shape index (κ1) is 57.9. The van der Waals surface area contributed by atoms with E-state index in [1.807, 2.05) is 6.92 Å². The SMILES string of the molecule is C/C=C\C/C=C\C/C=C\C/C=C\C/C=C\CCCCCC(=O)OC[C@H](COP(=O)(O)OC[C@H](N)C(=O)O)OC(=O)CCCCCCCCCCC/C=C\CCCCCCCC. The van der Waals surface area contributed by atoms with Gasteiger partial charge in [0.2, 0.25) is 0 Å². The Balaban J connectivity index is 4.37. The molecule has 0 spiro atoms. The van der Waals surface area contributed by atoms with Crippen molar-refractivity contribution in [1.82, 2.24) is 0 Å². The van der Waals surface area contributed by atoms with Crippen molar-refractivity contribution in [3.63, 3.8) is 0 Å². The van der Waals surface area contributed by atoms with E-state index in [-0.39, 0.29) is 19.4 Å². The van der Waals surface area contributed by atoms with Crippen LogP contribution in [0.25, 0.3) is 0 Å². The lowest BCUT2D eigenvalue weighted by Gasteiger charge is -2.20. The standard InChI is InChI=1S/C49H84NO10P/c1-3-5-7-9-11-13-15-17-19-21-23-25-27-29-31-33-35-37-39-41-48(52)60-45(43-58-61(55,56)59-44-46(50)49(53)54)42-57-47(51)40-38-36-34-32-30-28-26-24-22-20-18-16-14-12-10-8-6-4-2/h4,6,10,12,16-19,22,24,28,30,45-46H,3,5,7-9,11,13-15,20-21,23,25-27,29,31-44,50H2,1-2H3,(H,53,54)(H,55,56)/b6-4-,12-10-,18-16-,19-17-,24-22-,30-28-/t45-,46+/m1/s1. The predicted molar refractivity (Wildman–Crippen MR) is 249 cm³/mol. The number of ether oxygens (including phenoxy) is 2. The zero-order chi connectivity index (χ0) is 44.9. The van der Waals surface area contributed by atoms with E-state index in [0.29, 0.717) is 12.8 Å². The van der Waals surface area contributed by atoms with Gasteiger partial charge >= 0.3 is 25.7 Å². The first-order valence-corrected chi connectivity index (χ1v) is 24.9. The molecule has 0 bridgehead atoms. The van der Waals surface area contributed by atoms with Gasteiger partial charge in [-0.05, 0) is 84.0 Å². The second kappa shape index (κ2) is 43.6. The summed E-state index contributed by atoms with van der Waals surface area (Å²) in [6, 6.07) is -1.53. The van der Waals surface area contributed by atoms with Crippen LogP contribution in [-0.2, 0) is 37.5 Å². The number of esters is 2. The fourth-order valence-corrected chi connectivity index (χ4v) is 6.85. The molecule has 61 heavy (non-hydrogen) atoms. The maximum Gasteiger partial charge on any atom is 0.472 e. The Hall–Kier alpha value is -3.08. The minimum atomic E-state index is -4.73. The van der Waals surface area contributed by atoms with Crippen molar-refractivity contribution in [2.75, 3.05) is 19.8 Å². The molecule has 4 N–H and O–H groups in total. The maximum absolute atomic E-state index is 12.7. The molecular weight excluding hydrogens is 794 g/mol. The lowest BCUT2D eigenvalue weighted by Crippen LogP contribution is -2.34. The van der Waals surface area contributed by atoms with Crippen LogP contribution < -0.4 is 5.73 Å². The first-order valence-electron chi connectivity index (χ1n) is 23.4. The summed E-state index contributed by atoms with van der Waals surface area (Å²) in [6.45, 7) is 2.55. The normalized spacial score (nSPS) is 14.3. The number of allylic oxidation sites excluding steroid dienone is 12. The van der Waals surface area contributed by atoms with Crippen LogP contribution in [-0.4, -0.2) is 59.9 Å². The van der Waals surface area contributed by atoms with Gasteiger partial charge < -0.3 is 25.2 Å². The van der Waals surface area contributed by atoms with E-state index in [9.17, 15) is 23.8 Å². The molecule has 0 amide bonds. The molecule has 0 saturated heterocycles. The van der Waals surface area contributed by atoms with Crippen molar-refractivity contribution in [2.45, 2.75) is 199 Å². The zero-order valence-electron chi connectivity index (χ0n) is 38.0. The third-order valence-electron chi connectivity index (χ3n) is 9.77. The molecule has 12 heteroatoms. The average molecular weight is 878 g/mol. The molecule has 11 nitrogen and oxygen atoms in total. The highest BCUT2D eigenvalue weighted by Gasteiger charge is 2.28. The Morgan fingerprint density at radius 1 is 0.541 bits per heavy atom. The van der Waals surface area contributed by atoms with Gasteiger partial charge in [-0.1, -0.05) is 163 Å². The lowest BCUT2D eigenvalue weighted by molar-refractivity contribution is -0.161. The van der Waals surface area contributed by atoms with E-state index in [2.05, 4.69) is 84.4 Å². The summed E-state index contributed by atoms with van der Waals surface area (Å²) in [7, 11) is -4.73. The number of carbonyl (C=O) groups excluding carboxylic acids is 2. The van der Waals surface area contributed by atoms with Gasteiger partial charge in [-0.3, -0.25) is 23.4 Å². The molecule has 0 heterocycles. The van der Waals surface area contributed by atoms with Gasteiger partial charge in [-0.25, -0.2) is 4.57 Å². The number of hydrogen-bond acceptors (Lipinski definition) is 9. The van der Waals surface area contributed by atoms with Crippen LogP contribution in [0.5, 0.6) is 0 Å². The summed E-state index contributed by atoms with van der Waals surface area (Å²) in [5.41, 5.74) is 5.34. The molecule has 3 atom stereocenters. The molecular formula is C49H84NO10P. The van der Waals surface area contributed by atoms with E-state index >= 15 is 0 Å². The average Bonchev–Trinajstić information content (AvgIpc) is 3.24. The second-order valence-corrected chi connectivity index (χ2v) is 17.0. The second-order valence-electron chi connectivity index (χ2n) is 15.5. The van der Waals surface area contributed by atoms with Crippen molar-refractivity contribution in [3.8, 4) is 0 Å². The zero-order valence-corrected chi connectivity index (χ0v) is 38.9. The number of nitrogens with two attached hydrogens (primary N) is 1. The summed E-state index contributed by atoms with van der Waals surface area (Å²) in [6.07, 6.45) is 52.6. The molecule has 0 fully saturated rings. The molecule has 0 rings (SSSR count). The molecule has 0 aliphatic rings. The third kappa shape index (κ3) is 43.4. The van der Waals surface area contributed by atoms with E-state index in [4.69, 9.17) is 24.8 Å². The highest BCUT2D eigenvalue weighted by molar-refractivity contribution is 7.47. The number of carboxylic acid groups (broad SMARTS) is 1. The Labute approximate surface area is 370 Å². The van der Waals surface area contributed by atoms with Crippen LogP contribution in [0.2, 0.25) is 0 Å². The number of rotatable bonds is 43. The van der Waals surface area contributed by atoms with Gasteiger partial charge in [0.15, 0.2) is 6.10 Å². The monoisotopic (exact) mass is 878 g/mol. The highest BCUT2D eigenvalue weighted by atomic mass is 31.2. The number of unbranched alkanes of at least 4 members (excludes halogenated alkanes) is 18. The first-order chi connectivity index (χ1) is 29.6. The molecule has 0 radical (unpaired) electrons. The smallest absolute Gasteiger partial charge is 0.472 e. The van der Waals surface area contributed by atoms with Crippen molar-refractivity contribution in [2.24, 2.45) is 5.73 Å². The summed E-state index contributed by atoms with van der Waals surface area (Å²) in [4.78, 5) is 46.1. The van der Waals surface area contributed by atoms with E-state index in [0.717, 1.165) is 64.2 Å². The van der Waals surface area contributed by atoms with Crippen LogP contribution in [0.1, 0.15) is 187 Å². The Morgan fingerprint density at radius 2 is 0.934 bits per heavy atom. The van der Waals surface area contributed by atoms with Gasteiger partial charge in [-0.2, -0.15) is 0 Å². The maximum atomic E-state index is 12.7. The molecule has 350 valence electrons. The molecule has 1 unspecified atom stereocenters. The Kier molecular flexibility index (Phi) is 41.4. The fraction of sp³-hybridized carbons (Fsp3) is 0.694. The summed E-state index contributed by atoms with van der Waals surface area (Å²) in [5, 5.41) is 8.91. The van der Waals surface area contributed by atoms with Crippen LogP contribution in [0, 0.1) is 0 Å². The van der Waals surface area contributed by atoms with Gasteiger partial charge in [-0.15, -0.1) is 0 Å². The lowest BCUT2D eigenvalue weighted by atomic mass is 10.1. The van der Waals surface area contributed by atoms with Gasteiger partial charge in [0.1, 0.15) is 12.6 Å². The van der Waals surface area contributed by atoms with Crippen LogP contribution in [0.4, 0.5) is 0 Å². The number of hydrogen-bond donors (Lipinski definition) is 3. The predicted octanol–water partition coefficient (Wildman–Crippen LogP) is 12.9. The number of aliphatic carboxylic acids is 1. The Morgan fingerprint density at radius 3 is 1.43 bits per heavy atom. The summed E-state index contributed by atoms with van der Waals surface area (Å²) < 4.78 is 32.7. The molecule has 0 saturated carbocycles. The van der Waals surface area contributed by atoms with Crippen molar-refractivity contribution < 1.29 is 47.5 Å². The minimum absolute atomic E-state index is 0.148. The van der Waals surface area contributed by atoms with Crippen LogP contribution in [0.3, 0.4) is 0 Å². The van der Waals surface area contributed by atoms with Gasteiger partial charge in [0, 0.05) is 12.8 Å². The Bertz CT molecular complexity index is 1310. The molecule has 0 aromatic heterocycles. The number of carbonyl (C=O) groups is 3. The van der Waals surface area contributed by atoms with Crippen molar-refractivity contribution >= 4 is 25.7 Å². The van der Waals surface area contributed by atoms with Gasteiger partial charge in [0.25, 0.3) is 0 Å². The molecule has 0 aliphatic heterocycles. The van der Waals surface area contributed by atoms with E-state index in [1.54, 1.807) is 0 Å². The third-order valence-corrected chi connectivity index (χ3v) is 10.7. The largest absolute Gasteiger partial charge is 0.480 e.